The molecule has 4 aromatic rings. The van der Waals surface area contributed by atoms with E-state index in [2.05, 4.69) is 10.3 Å². The lowest BCUT2D eigenvalue weighted by Crippen LogP contribution is -2.08. The predicted octanol–water partition coefficient (Wildman–Crippen LogP) is 4.78. The number of non-ortho nitro benzene ring substituents is 1. The number of imidazole rings is 1. The van der Waals surface area contributed by atoms with Crippen LogP contribution in [0.15, 0.2) is 66.7 Å². The highest BCUT2D eigenvalue weighted by atomic mass is 19.1. The third-order valence-corrected chi connectivity index (χ3v) is 4.60. The number of rotatable bonds is 5. The van der Waals surface area contributed by atoms with Crippen LogP contribution in [0.5, 0.6) is 0 Å². The first-order chi connectivity index (χ1) is 15.3. The van der Waals surface area contributed by atoms with Crippen LogP contribution >= 0.6 is 0 Å². The van der Waals surface area contributed by atoms with Crippen LogP contribution in [0.4, 0.5) is 20.2 Å². The molecule has 3 aromatic carbocycles. The number of amides is 1. The molecule has 0 aliphatic rings. The molecule has 0 fully saturated rings. The molecule has 8 nitrogen and oxygen atoms in total. The molecule has 0 aliphatic heterocycles. The third kappa shape index (κ3) is 4.15. The Balaban J connectivity index is 1.55. The van der Waals surface area contributed by atoms with Gasteiger partial charge in [0.05, 0.1) is 16.0 Å². The second-order valence-corrected chi connectivity index (χ2v) is 6.75. The van der Waals surface area contributed by atoms with Crippen molar-refractivity contribution in [1.82, 2.24) is 9.71 Å². The molecule has 0 aliphatic carbocycles. The maximum absolute atomic E-state index is 14.7. The summed E-state index contributed by atoms with van der Waals surface area (Å²) in [6.07, 6.45) is 2.70. The minimum absolute atomic E-state index is 0.0527. The molecule has 0 bridgehead atoms. The summed E-state index contributed by atoms with van der Waals surface area (Å²) in [7, 11) is 0. The largest absolute Gasteiger partial charge is 0.426 e. The highest BCUT2D eigenvalue weighted by molar-refractivity contribution is 6.02. The van der Waals surface area contributed by atoms with Gasteiger partial charge < -0.3 is 10.5 Å². The molecule has 0 saturated carbocycles. The molecule has 2 N–H and O–H groups in total. The van der Waals surface area contributed by atoms with Crippen LogP contribution in [0.25, 0.3) is 28.5 Å². The van der Waals surface area contributed by atoms with Crippen molar-refractivity contribution >= 4 is 34.4 Å². The van der Waals surface area contributed by atoms with Crippen molar-refractivity contribution in [2.24, 2.45) is 0 Å². The van der Waals surface area contributed by atoms with Gasteiger partial charge >= 0.3 is 0 Å². The Morgan fingerprint density at radius 1 is 1.09 bits per heavy atom. The number of anilines is 1. The summed E-state index contributed by atoms with van der Waals surface area (Å²) in [5.41, 5.74) is 0.770. The Bertz CT molecular complexity index is 1380. The maximum atomic E-state index is 14.7. The minimum Gasteiger partial charge on any atom is -0.426 e. The van der Waals surface area contributed by atoms with Crippen molar-refractivity contribution < 1.29 is 23.7 Å². The molecule has 1 amide bonds. The Labute approximate surface area is 179 Å². The lowest BCUT2D eigenvalue weighted by molar-refractivity contribution is -0.384. The van der Waals surface area contributed by atoms with Crippen molar-refractivity contribution in [2.75, 3.05) is 5.32 Å². The Morgan fingerprint density at radius 3 is 2.53 bits per heavy atom. The quantitative estimate of drug-likeness (QED) is 0.203. The van der Waals surface area contributed by atoms with Gasteiger partial charge in [0.2, 0.25) is 5.91 Å². The number of nitrogens with zero attached hydrogens (tertiary/aromatic N) is 3. The van der Waals surface area contributed by atoms with Gasteiger partial charge in [-0.2, -0.15) is 4.73 Å². The normalized spacial score (nSPS) is 11.2. The number of carbonyl (C=O) groups is 1. The molecule has 0 saturated heterocycles. The van der Waals surface area contributed by atoms with E-state index in [4.69, 9.17) is 0 Å². The molecule has 0 atom stereocenters. The summed E-state index contributed by atoms with van der Waals surface area (Å²) in [6.45, 7) is 0. The van der Waals surface area contributed by atoms with Gasteiger partial charge in [-0.05, 0) is 48.0 Å². The number of carbonyl (C=O) groups excluding carboxylic acids is 1. The van der Waals surface area contributed by atoms with Gasteiger partial charge in [-0.1, -0.05) is 12.1 Å². The molecular formula is C22H14F2N4O4. The number of nitro benzene ring substituents is 1. The summed E-state index contributed by atoms with van der Waals surface area (Å²) in [5.74, 6) is -1.84. The van der Waals surface area contributed by atoms with Crippen molar-refractivity contribution in [3.63, 3.8) is 0 Å². The summed E-state index contributed by atoms with van der Waals surface area (Å²) in [6, 6.07) is 13.0. The van der Waals surface area contributed by atoms with Gasteiger partial charge in [0.1, 0.15) is 17.2 Å². The van der Waals surface area contributed by atoms with Gasteiger partial charge in [0, 0.05) is 23.9 Å². The van der Waals surface area contributed by atoms with Gasteiger partial charge in [-0.15, -0.1) is 0 Å². The summed E-state index contributed by atoms with van der Waals surface area (Å²) in [4.78, 5) is 26.5. The lowest BCUT2D eigenvalue weighted by Gasteiger charge is -2.06. The summed E-state index contributed by atoms with van der Waals surface area (Å²) < 4.78 is 28.2. The van der Waals surface area contributed by atoms with E-state index < -0.39 is 22.5 Å². The van der Waals surface area contributed by atoms with Crippen molar-refractivity contribution in [1.29, 1.82) is 0 Å². The molecule has 1 aromatic heterocycles. The van der Waals surface area contributed by atoms with Crippen LogP contribution < -0.4 is 5.32 Å². The average Bonchev–Trinajstić information content (AvgIpc) is 3.09. The number of hydrogen-bond acceptors (Lipinski definition) is 5. The van der Waals surface area contributed by atoms with E-state index in [-0.39, 0.29) is 33.8 Å². The fourth-order valence-corrected chi connectivity index (χ4v) is 3.04. The molecule has 10 heteroatoms. The van der Waals surface area contributed by atoms with Gasteiger partial charge in [-0.25, -0.2) is 13.8 Å². The molecule has 4 rings (SSSR count). The fraction of sp³-hybridized carbons (Fsp3) is 0. The van der Waals surface area contributed by atoms with Crippen molar-refractivity contribution in [3.05, 3.63) is 94.1 Å². The summed E-state index contributed by atoms with van der Waals surface area (Å²) >= 11 is 0. The Kier molecular flexibility index (Phi) is 5.34. The smallest absolute Gasteiger partial charge is 0.271 e. The standard InChI is InChI=1S/C22H14F2N4O4/c23-14-4-1-13(2-5-14)3-10-21(29)25-15-6-8-17(18(24)11-15)22-26-19-9-7-16(28(31)32)12-20(19)27(22)30/h1-12,30H,(H,25,29). The molecule has 0 spiro atoms. The van der Waals surface area contributed by atoms with Gasteiger partial charge in [-0.3, -0.25) is 14.9 Å². The highest BCUT2D eigenvalue weighted by Crippen LogP contribution is 2.29. The highest BCUT2D eigenvalue weighted by Gasteiger charge is 2.18. The van der Waals surface area contributed by atoms with E-state index in [0.717, 1.165) is 12.1 Å². The molecule has 1 heterocycles. The number of nitro groups is 1. The van der Waals surface area contributed by atoms with E-state index in [1.54, 1.807) is 0 Å². The SMILES string of the molecule is O=C(C=Cc1ccc(F)cc1)Nc1ccc(-c2nc3ccc([N+](=O)[O-])cc3n2O)c(F)c1. The molecule has 32 heavy (non-hydrogen) atoms. The molecule has 0 unspecified atom stereocenters. The molecular weight excluding hydrogens is 422 g/mol. The number of halogens is 2. The Morgan fingerprint density at radius 2 is 1.84 bits per heavy atom. The van der Waals surface area contributed by atoms with Gasteiger partial charge in [0.25, 0.3) is 5.69 Å². The van der Waals surface area contributed by atoms with Crippen LogP contribution in [0, 0.1) is 21.7 Å². The van der Waals surface area contributed by atoms with Crippen LogP contribution in [0.3, 0.4) is 0 Å². The van der Waals surface area contributed by atoms with Crippen LogP contribution in [0.2, 0.25) is 0 Å². The van der Waals surface area contributed by atoms with E-state index in [0.29, 0.717) is 10.3 Å². The van der Waals surface area contributed by atoms with Crippen molar-refractivity contribution in [3.8, 4) is 11.4 Å². The van der Waals surface area contributed by atoms with E-state index in [1.807, 2.05) is 0 Å². The first-order valence-corrected chi connectivity index (χ1v) is 9.22. The number of benzene rings is 3. The monoisotopic (exact) mass is 436 g/mol. The second-order valence-electron chi connectivity index (χ2n) is 6.75. The number of fused-ring (bicyclic) bond motifs is 1. The zero-order valence-electron chi connectivity index (χ0n) is 16.2. The van der Waals surface area contributed by atoms with E-state index in [1.165, 1.54) is 60.7 Å². The zero-order valence-corrected chi connectivity index (χ0v) is 16.2. The van der Waals surface area contributed by atoms with E-state index in [9.17, 15) is 28.9 Å². The van der Waals surface area contributed by atoms with E-state index >= 15 is 0 Å². The first-order valence-electron chi connectivity index (χ1n) is 9.22. The van der Waals surface area contributed by atoms with Crippen LogP contribution in [0.1, 0.15) is 5.56 Å². The summed E-state index contributed by atoms with van der Waals surface area (Å²) in [5, 5.41) is 23.8. The molecule has 160 valence electrons. The topological polar surface area (TPSA) is 110 Å². The lowest BCUT2D eigenvalue weighted by atomic mass is 10.1. The molecule has 0 radical (unpaired) electrons. The van der Waals surface area contributed by atoms with Crippen LogP contribution in [-0.2, 0) is 4.79 Å². The van der Waals surface area contributed by atoms with Crippen LogP contribution in [-0.4, -0.2) is 25.8 Å². The second kappa shape index (κ2) is 8.26. The van der Waals surface area contributed by atoms with Gasteiger partial charge in [0.15, 0.2) is 5.82 Å². The minimum atomic E-state index is -0.773. The number of nitrogens with one attached hydrogen (secondary N) is 1. The third-order valence-electron chi connectivity index (χ3n) is 4.60. The predicted molar refractivity (Wildman–Crippen MR) is 113 cm³/mol. The fourth-order valence-electron chi connectivity index (χ4n) is 3.04. The number of aromatic nitrogens is 2. The van der Waals surface area contributed by atoms with Crippen molar-refractivity contribution in [2.45, 2.75) is 0 Å². The zero-order chi connectivity index (χ0) is 22.8. The number of hydrogen-bond donors (Lipinski definition) is 2. The Hall–Kier alpha value is -4.60. The maximum Gasteiger partial charge on any atom is 0.271 e. The first kappa shape index (κ1) is 20.7. The average molecular weight is 436 g/mol.